The first-order valence-electron chi connectivity index (χ1n) is 10.6. The molecule has 3 aromatic rings. The third-order valence-electron chi connectivity index (χ3n) is 5.10. The fourth-order valence-corrected chi connectivity index (χ4v) is 3.39. The summed E-state index contributed by atoms with van der Waals surface area (Å²) in [5.74, 6) is 0.747. The summed E-state index contributed by atoms with van der Waals surface area (Å²) < 4.78 is 12.2. The van der Waals surface area contributed by atoms with E-state index in [1.807, 2.05) is 50.2 Å². The van der Waals surface area contributed by atoms with Crippen molar-refractivity contribution >= 4 is 5.97 Å². The summed E-state index contributed by atoms with van der Waals surface area (Å²) >= 11 is 0. The van der Waals surface area contributed by atoms with E-state index in [9.17, 15) is 4.79 Å². The highest BCUT2D eigenvalue weighted by molar-refractivity contribution is 5.70. The van der Waals surface area contributed by atoms with Crippen LogP contribution in [0.4, 0.5) is 0 Å². The van der Waals surface area contributed by atoms with Gasteiger partial charge in [-0.3, -0.25) is 9.78 Å². The number of carboxylic acids is 1. The molecule has 0 saturated carbocycles. The summed E-state index contributed by atoms with van der Waals surface area (Å²) in [4.78, 5) is 15.4. The van der Waals surface area contributed by atoms with E-state index < -0.39 is 5.97 Å². The fourth-order valence-electron chi connectivity index (χ4n) is 3.39. The molecule has 1 unspecified atom stereocenters. The van der Waals surface area contributed by atoms with Crippen LogP contribution in [0, 0.1) is 6.92 Å². The first kappa shape index (κ1) is 22.3. The Hall–Kier alpha value is -3.34. The number of carbonyl (C=O) groups is 1. The molecule has 31 heavy (non-hydrogen) atoms. The minimum atomic E-state index is -0.837. The number of hydrogen-bond donors (Lipinski definition) is 1. The topological polar surface area (TPSA) is 68.7 Å². The van der Waals surface area contributed by atoms with Gasteiger partial charge in [0.2, 0.25) is 0 Å². The van der Waals surface area contributed by atoms with Gasteiger partial charge >= 0.3 is 5.97 Å². The van der Waals surface area contributed by atoms with Gasteiger partial charge in [-0.15, -0.1) is 0 Å². The van der Waals surface area contributed by atoms with Crippen molar-refractivity contribution in [1.82, 2.24) is 4.98 Å². The van der Waals surface area contributed by atoms with Crippen molar-refractivity contribution in [2.75, 3.05) is 6.61 Å². The van der Waals surface area contributed by atoms with Gasteiger partial charge in [-0.05, 0) is 67.3 Å². The Bertz CT molecular complexity index is 1020. The van der Waals surface area contributed by atoms with Crippen molar-refractivity contribution in [3.05, 3.63) is 77.5 Å². The Morgan fingerprint density at radius 3 is 2.52 bits per heavy atom. The number of ether oxygens (including phenoxy) is 2. The Kier molecular flexibility index (Phi) is 7.65. The summed E-state index contributed by atoms with van der Waals surface area (Å²) in [5.41, 5.74) is 4.84. The first-order valence-corrected chi connectivity index (χ1v) is 10.6. The SMILES string of the molecule is CCc1ccc(OC(C)CCOc2ccc(CC(=O)O)cc2C)c(-c2ccccn2)c1. The molecule has 0 fully saturated rings. The largest absolute Gasteiger partial charge is 0.493 e. The van der Waals surface area contributed by atoms with Gasteiger partial charge in [0.1, 0.15) is 11.5 Å². The summed E-state index contributed by atoms with van der Waals surface area (Å²) in [6, 6.07) is 17.6. The van der Waals surface area contributed by atoms with Crippen LogP contribution in [0.5, 0.6) is 11.5 Å². The number of benzene rings is 2. The predicted octanol–water partition coefficient (Wildman–Crippen LogP) is 5.48. The lowest BCUT2D eigenvalue weighted by molar-refractivity contribution is -0.136. The molecule has 5 heteroatoms. The lowest BCUT2D eigenvalue weighted by Gasteiger charge is -2.19. The predicted molar refractivity (Wildman–Crippen MR) is 122 cm³/mol. The zero-order valence-corrected chi connectivity index (χ0v) is 18.3. The molecule has 0 aliphatic rings. The molecular formula is C26H29NO4. The van der Waals surface area contributed by atoms with E-state index in [0.717, 1.165) is 40.3 Å². The number of aliphatic carboxylic acids is 1. The van der Waals surface area contributed by atoms with Crippen LogP contribution >= 0.6 is 0 Å². The number of pyridine rings is 1. The van der Waals surface area contributed by atoms with Crippen molar-refractivity contribution in [2.45, 2.75) is 46.1 Å². The van der Waals surface area contributed by atoms with Gasteiger partial charge in [0.25, 0.3) is 0 Å². The minimum Gasteiger partial charge on any atom is -0.493 e. The number of carboxylic acid groups (broad SMARTS) is 1. The molecule has 0 aliphatic carbocycles. The van der Waals surface area contributed by atoms with Crippen molar-refractivity contribution in [2.24, 2.45) is 0 Å². The highest BCUT2D eigenvalue weighted by Gasteiger charge is 2.13. The zero-order chi connectivity index (χ0) is 22.2. The van der Waals surface area contributed by atoms with E-state index in [0.29, 0.717) is 13.0 Å². The van der Waals surface area contributed by atoms with Crippen molar-refractivity contribution in [1.29, 1.82) is 0 Å². The third-order valence-corrected chi connectivity index (χ3v) is 5.10. The maximum absolute atomic E-state index is 10.9. The Morgan fingerprint density at radius 1 is 1.06 bits per heavy atom. The van der Waals surface area contributed by atoms with Crippen molar-refractivity contribution in [3.8, 4) is 22.8 Å². The van der Waals surface area contributed by atoms with Gasteiger partial charge < -0.3 is 14.6 Å². The summed E-state index contributed by atoms with van der Waals surface area (Å²) in [7, 11) is 0. The van der Waals surface area contributed by atoms with E-state index >= 15 is 0 Å². The normalized spacial score (nSPS) is 11.7. The molecule has 0 bridgehead atoms. The highest BCUT2D eigenvalue weighted by atomic mass is 16.5. The molecular weight excluding hydrogens is 390 g/mol. The smallest absolute Gasteiger partial charge is 0.307 e. The van der Waals surface area contributed by atoms with Crippen LogP contribution in [0.2, 0.25) is 0 Å². The second-order valence-electron chi connectivity index (χ2n) is 7.64. The van der Waals surface area contributed by atoms with Gasteiger partial charge in [0, 0.05) is 18.2 Å². The molecule has 1 atom stereocenters. The molecule has 5 nitrogen and oxygen atoms in total. The number of nitrogens with zero attached hydrogens (tertiary/aromatic N) is 1. The van der Waals surface area contributed by atoms with Crippen LogP contribution in [-0.2, 0) is 17.6 Å². The Labute approximate surface area is 183 Å². The van der Waals surface area contributed by atoms with Crippen LogP contribution < -0.4 is 9.47 Å². The van der Waals surface area contributed by atoms with Crippen LogP contribution in [-0.4, -0.2) is 28.8 Å². The molecule has 0 aliphatic heterocycles. The minimum absolute atomic E-state index is 0.0153. The van der Waals surface area contributed by atoms with Crippen LogP contribution in [0.15, 0.2) is 60.8 Å². The van der Waals surface area contributed by atoms with E-state index in [1.54, 1.807) is 12.3 Å². The maximum Gasteiger partial charge on any atom is 0.307 e. The van der Waals surface area contributed by atoms with Gasteiger partial charge in [-0.1, -0.05) is 31.2 Å². The molecule has 0 spiro atoms. The van der Waals surface area contributed by atoms with Crippen LogP contribution in [0.1, 0.15) is 37.0 Å². The van der Waals surface area contributed by atoms with Crippen LogP contribution in [0.3, 0.4) is 0 Å². The van der Waals surface area contributed by atoms with Crippen molar-refractivity contribution < 1.29 is 19.4 Å². The van der Waals surface area contributed by atoms with E-state index in [4.69, 9.17) is 14.6 Å². The van der Waals surface area contributed by atoms with E-state index in [1.165, 1.54) is 5.56 Å². The molecule has 0 saturated heterocycles. The Morgan fingerprint density at radius 2 is 1.84 bits per heavy atom. The summed E-state index contributed by atoms with van der Waals surface area (Å²) in [6.45, 7) is 6.59. The molecule has 0 amide bonds. The quantitative estimate of drug-likeness (QED) is 0.471. The summed E-state index contributed by atoms with van der Waals surface area (Å²) in [6.07, 6.45) is 3.43. The molecule has 2 aromatic carbocycles. The second-order valence-corrected chi connectivity index (χ2v) is 7.64. The van der Waals surface area contributed by atoms with Gasteiger partial charge in [0.05, 0.1) is 24.8 Å². The molecule has 1 aromatic heterocycles. The van der Waals surface area contributed by atoms with E-state index in [-0.39, 0.29) is 12.5 Å². The summed E-state index contributed by atoms with van der Waals surface area (Å²) in [5, 5.41) is 8.92. The highest BCUT2D eigenvalue weighted by Crippen LogP contribution is 2.31. The lowest BCUT2D eigenvalue weighted by Crippen LogP contribution is -2.16. The van der Waals surface area contributed by atoms with Gasteiger partial charge in [0.15, 0.2) is 0 Å². The second kappa shape index (κ2) is 10.6. The van der Waals surface area contributed by atoms with Gasteiger partial charge in [-0.2, -0.15) is 0 Å². The Balaban J connectivity index is 1.61. The fraction of sp³-hybridized carbons (Fsp3) is 0.308. The maximum atomic E-state index is 10.9. The third kappa shape index (κ3) is 6.32. The number of hydrogen-bond acceptors (Lipinski definition) is 4. The van der Waals surface area contributed by atoms with E-state index in [2.05, 4.69) is 24.0 Å². The molecule has 3 rings (SSSR count). The average Bonchev–Trinajstić information content (AvgIpc) is 2.76. The number of rotatable bonds is 10. The zero-order valence-electron chi connectivity index (χ0n) is 18.3. The molecule has 1 heterocycles. The molecule has 162 valence electrons. The number of aromatic nitrogens is 1. The monoisotopic (exact) mass is 419 g/mol. The van der Waals surface area contributed by atoms with Gasteiger partial charge in [-0.25, -0.2) is 0 Å². The van der Waals surface area contributed by atoms with Crippen LogP contribution in [0.25, 0.3) is 11.3 Å². The lowest BCUT2D eigenvalue weighted by atomic mass is 10.0. The average molecular weight is 420 g/mol. The first-order chi connectivity index (χ1) is 15.0. The van der Waals surface area contributed by atoms with Crippen molar-refractivity contribution in [3.63, 3.8) is 0 Å². The molecule has 1 N–H and O–H groups in total. The number of aryl methyl sites for hydroxylation is 2. The molecule has 0 radical (unpaired) electrons. The standard InChI is InChI=1S/C26H29NO4/c1-4-20-8-11-25(22(16-20)23-7-5-6-13-27-23)31-19(3)12-14-30-24-10-9-21(15-18(24)2)17-26(28)29/h5-11,13,15-16,19H,4,12,14,17H2,1-3H3,(H,28,29).